The van der Waals surface area contributed by atoms with E-state index in [1.165, 1.54) is 5.56 Å². The van der Waals surface area contributed by atoms with Crippen LogP contribution in [0, 0.1) is 5.92 Å². The van der Waals surface area contributed by atoms with Crippen molar-refractivity contribution in [3.8, 4) is 11.5 Å². The number of fused-ring (bicyclic) bond motifs is 1. The molecule has 152 valence electrons. The molecule has 0 radical (unpaired) electrons. The first-order valence-corrected chi connectivity index (χ1v) is 10.2. The number of benzene rings is 2. The number of ether oxygens (including phenoxy) is 2. The number of anilines is 2. The Bertz CT molecular complexity index is 910. The van der Waals surface area contributed by atoms with Gasteiger partial charge in [0, 0.05) is 30.4 Å². The molecular formula is C23H26N2O4. The molecule has 0 bridgehead atoms. The molecule has 0 saturated carbocycles. The van der Waals surface area contributed by atoms with Gasteiger partial charge in [0.15, 0.2) is 11.5 Å². The van der Waals surface area contributed by atoms with Crippen molar-refractivity contribution in [1.82, 2.24) is 0 Å². The fourth-order valence-electron chi connectivity index (χ4n) is 3.71. The van der Waals surface area contributed by atoms with Gasteiger partial charge in [0.05, 0.1) is 5.92 Å². The summed E-state index contributed by atoms with van der Waals surface area (Å²) in [6.07, 6.45) is 1.27. The quantitative estimate of drug-likeness (QED) is 0.833. The molecule has 2 aliphatic rings. The van der Waals surface area contributed by atoms with Gasteiger partial charge in [0.1, 0.15) is 13.2 Å². The van der Waals surface area contributed by atoms with Gasteiger partial charge < -0.3 is 19.7 Å². The molecule has 1 saturated heterocycles. The Labute approximate surface area is 170 Å². The van der Waals surface area contributed by atoms with Gasteiger partial charge in [-0.1, -0.05) is 26.0 Å². The third kappa shape index (κ3) is 4.06. The van der Waals surface area contributed by atoms with Crippen molar-refractivity contribution in [2.45, 2.75) is 32.6 Å². The van der Waals surface area contributed by atoms with Gasteiger partial charge in [-0.2, -0.15) is 0 Å². The van der Waals surface area contributed by atoms with Crippen LogP contribution in [-0.4, -0.2) is 31.6 Å². The van der Waals surface area contributed by atoms with E-state index >= 15 is 0 Å². The lowest BCUT2D eigenvalue weighted by Gasteiger charge is -2.22. The van der Waals surface area contributed by atoms with E-state index in [1.54, 1.807) is 11.0 Å². The number of hydrogen-bond donors (Lipinski definition) is 1. The van der Waals surface area contributed by atoms with Crippen molar-refractivity contribution in [2.75, 3.05) is 30.0 Å². The van der Waals surface area contributed by atoms with Crippen LogP contribution in [-0.2, 0) is 9.59 Å². The monoisotopic (exact) mass is 394 g/mol. The molecule has 2 aliphatic heterocycles. The number of carbonyl (C=O) groups excluding carboxylic acids is 2. The highest BCUT2D eigenvalue weighted by molar-refractivity contribution is 6.03. The molecule has 2 aromatic rings. The van der Waals surface area contributed by atoms with Crippen molar-refractivity contribution in [1.29, 1.82) is 0 Å². The summed E-state index contributed by atoms with van der Waals surface area (Å²) in [6.45, 7) is 5.71. The highest BCUT2D eigenvalue weighted by Gasteiger charge is 2.35. The number of hydrogen-bond acceptors (Lipinski definition) is 4. The molecule has 1 N–H and O–H groups in total. The minimum absolute atomic E-state index is 0.0612. The molecule has 4 rings (SSSR count). The highest BCUT2D eigenvalue weighted by Crippen LogP contribution is 2.36. The van der Waals surface area contributed by atoms with Crippen molar-refractivity contribution in [2.24, 2.45) is 5.92 Å². The molecule has 2 heterocycles. The third-order valence-corrected chi connectivity index (χ3v) is 5.69. The second-order valence-corrected chi connectivity index (χ2v) is 7.65. The van der Waals surface area contributed by atoms with Crippen LogP contribution in [0.2, 0.25) is 0 Å². The Hall–Kier alpha value is -3.02. The summed E-state index contributed by atoms with van der Waals surface area (Å²) in [5.74, 6) is 1.23. The largest absolute Gasteiger partial charge is 0.486 e. The molecule has 6 heteroatoms. The van der Waals surface area contributed by atoms with E-state index in [-0.39, 0.29) is 24.2 Å². The number of rotatable bonds is 5. The van der Waals surface area contributed by atoms with Gasteiger partial charge in [-0.05, 0) is 42.2 Å². The van der Waals surface area contributed by atoms with Gasteiger partial charge in [0.2, 0.25) is 11.8 Å². The number of nitrogens with zero attached hydrogens (tertiary/aromatic N) is 1. The highest BCUT2D eigenvalue weighted by atomic mass is 16.6. The predicted molar refractivity (Wildman–Crippen MR) is 112 cm³/mol. The van der Waals surface area contributed by atoms with Crippen LogP contribution in [0.4, 0.5) is 11.4 Å². The van der Waals surface area contributed by atoms with Crippen LogP contribution < -0.4 is 19.7 Å². The molecular weight excluding hydrogens is 368 g/mol. The number of nitrogens with one attached hydrogen (secondary N) is 1. The summed E-state index contributed by atoms with van der Waals surface area (Å²) in [5, 5.41) is 2.95. The second kappa shape index (κ2) is 8.15. The van der Waals surface area contributed by atoms with E-state index in [0.29, 0.717) is 37.2 Å². The molecule has 0 aromatic heterocycles. The predicted octanol–water partition coefficient (Wildman–Crippen LogP) is 3.96. The first-order valence-electron chi connectivity index (χ1n) is 10.2. The fraction of sp³-hybridized carbons (Fsp3) is 0.391. The summed E-state index contributed by atoms with van der Waals surface area (Å²) in [6, 6.07) is 13.4. The Balaban J connectivity index is 1.41. The van der Waals surface area contributed by atoms with E-state index in [2.05, 4.69) is 19.2 Å². The summed E-state index contributed by atoms with van der Waals surface area (Å²) in [5.41, 5.74) is 2.74. The summed E-state index contributed by atoms with van der Waals surface area (Å²) in [7, 11) is 0. The summed E-state index contributed by atoms with van der Waals surface area (Å²) >= 11 is 0. The minimum Gasteiger partial charge on any atom is -0.486 e. The van der Waals surface area contributed by atoms with E-state index in [1.807, 2.05) is 36.4 Å². The first kappa shape index (κ1) is 19.3. The van der Waals surface area contributed by atoms with Crippen LogP contribution in [0.15, 0.2) is 42.5 Å². The van der Waals surface area contributed by atoms with Crippen molar-refractivity contribution >= 4 is 23.2 Å². The zero-order valence-corrected chi connectivity index (χ0v) is 16.8. The zero-order valence-electron chi connectivity index (χ0n) is 16.8. The molecule has 29 heavy (non-hydrogen) atoms. The molecule has 2 amide bonds. The van der Waals surface area contributed by atoms with Gasteiger partial charge in [-0.25, -0.2) is 0 Å². The topological polar surface area (TPSA) is 67.9 Å². The standard InChI is InChI=1S/C23H26N2O4/c1-3-15(2)16-4-6-18(7-5-16)24-23(27)17-12-22(26)25(14-17)19-8-9-20-21(13-19)29-11-10-28-20/h4-9,13,15,17H,3,10-12,14H2,1-2H3,(H,24,27)/t15-,17+/m1/s1. The van der Waals surface area contributed by atoms with Gasteiger partial charge >= 0.3 is 0 Å². The molecule has 1 fully saturated rings. The fourth-order valence-corrected chi connectivity index (χ4v) is 3.71. The molecule has 0 aliphatic carbocycles. The SMILES string of the molecule is CC[C@@H](C)c1ccc(NC(=O)[C@H]2CC(=O)N(c3ccc4c(c3)OCCO4)C2)cc1. The minimum atomic E-state index is -0.384. The van der Waals surface area contributed by atoms with Crippen molar-refractivity contribution in [3.05, 3.63) is 48.0 Å². The van der Waals surface area contributed by atoms with Crippen LogP contribution in [0.1, 0.15) is 38.2 Å². The zero-order chi connectivity index (χ0) is 20.4. The smallest absolute Gasteiger partial charge is 0.229 e. The van der Waals surface area contributed by atoms with E-state index in [9.17, 15) is 9.59 Å². The Morgan fingerprint density at radius 1 is 1.14 bits per heavy atom. The maximum Gasteiger partial charge on any atom is 0.229 e. The Kier molecular flexibility index (Phi) is 5.43. The van der Waals surface area contributed by atoms with Crippen LogP contribution >= 0.6 is 0 Å². The van der Waals surface area contributed by atoms with Crippen LogP contribution in [0.3, 0.4) is 0 Å². The third-order valence-electron chi connectivity index (χ3n) is 5.69. The lowest BCUT2D eigenvalue weighted by molar-refractivity contribution is -0.122. The first-order chi connectivity index (χ1) is 14.0. The molecule has 6 nitrogen and oxygen atoms in total. The summed E-state index contributed by atoms with van der Waals surface area (Å²) in [4.78, 5) is 26.9. The van der Waals surface area contributed by atoms with Gasteiger partial charge in [-0.3, -0.25) is 9.59 Å². The molecule has 2 aromatic carbocycles. The van der Waals surface area contributed by atoms with E-state index in [4.69, 9.17) is 9.47 Å². The van der Waals surface area contributed by atoms with Gasteiger partial charge in [-0.15, -0.1) is 0 Å². The van der Waals surface area contributed by atoms with Gasteiger partial charge in [0.25, 0.3) is 0 Å². The van der Waals surface area contributed by atoms with Crippen molar-refractivity contribution in [3.63, 3.8) is 0 Å². The van der Waals surface area contributed by atoms with Crippen LogP contribution in [0.25, 0.3) is 0 Å². The lowest BCUT2D eigenvalue weighted by Crippen LogP contribution is -2.28. The average Bonchev–Trinajstić information content (AvgIpc) is 3.15. The lowest BCUT2D eigenvalue weighted by atomic mass is 9.98. The maximum absolute atomic E-state index is 12.7. The Morgan fingerprint density at radius 2 is 1.86 bits per heavy atom. The Morgan fingerprint density at radius 3 is 2.59 bits per heavy atom. The second-order valence-electron chi connectivity index (χ2n) is 7.65. The molecule has 0 unspecified atom stereocenters. The van der Waals surface area contributed by atoms with Crippen LogP contribution in [0.5, 0.6) is 11.5 Å². The molecule has 2 atom stereocenters. The van der Waals surface area contributed by atoms with Crippen molar-refractivity contribution < 1.29 is 19.1 Å². The summed E-state index contributed by atoms with van der Waals surface area (Å²) < 4.78 is 11.1. The molecule has 0 spiro atoms. The number of carbonyl (C=O) groups is 2. The average molecular weight is 394 g/mol. The number of amides is 2. The maximum atomic E-state index is 12.7. The van der Waals surface area contributed by atoms with E-state index in [0.717, 1.165) is 17.8 Å². The van der Waals surface area contributed by atoms with E-state index < -0.39 is 0 Å². The normalized spacial score (nSPS) is 19.2.